The van der Waals surface area contributed by atoms with E-state index in [0.717, 1.165) is 35.3 Å². The Balaban J connectivity index is 1.23. The Morgan fingerprint density at radius 2 is 1.97 bits per heavy atom. The average molecular weight is 451 g/mol. The van der Waals surface area contributed by atoms with Crippen molar-refractivity contribution in [2.75, 3.05) is 18.4 Å². The van der Waals surface area contributed by atoms with Crippen LogP contribution in [0.25, 0.3) is 16.8 Å². The van der Waals surface area contributed by atoms with Gasteiger partial charge in [0.2, 0.25) is 5.95 Å². The Morgan fingerprint density at radius 1 is 1.15 bits per heavy atom. The van der Waals surface area contributed by atoms with Gasteiger partial charge in [0.15, 0.2) is 5.65 Å². The fraction of sp³-hybridized carbons (Fsp3) is 0.240. The smallest absolute Gasteiger partial charge is 0.251 e. The van der Waals surface area contributed by atoms with E-state index in [1.165, 1.54) is 0 Å². The van der Waals surface area contributed by atoms with Gasteiger partial charge < -0.3 is 16.0 Å². The van der Waals surface area contributed by atoms with Crippen molar-refractivity contribution in [1.29, 1.82) is 5.26 Å². The minimum Gasteiger partial charge on any atom is -0.349 e. The minimum atomic E-state index is -0.537. The van der Waals surface area contributed by atoms with Gasteiger partial charge in [0.1, 0.15) is 5.41 Å². The summed E-state index contributed by atoms with van der Waals surface area (Å²) in [7, 11) is 0. The van der Waals surface area contributed by atoms with E-state index < -0.39 is 5.41 Å². The molecule has 1 aromatic carbocycles. The lowest BCUT2D eigenvalue weighted by Crippen LogP contribution is -2.56. The Hall–Kier alpha value is -4.29. The molecule has 0 unspecified atom stereocenters. The van der Waals surface area contributed by atoms with Crippen molar-refractivity contribution in [3.63, 3.8) is 0 Å². The van der Waals surface area contributed by atoms with Crippen molar-refractivity contribution < 1.29 is 4.79 Å². The topological polar surface area (TPSA) is 120 Å². The number of amides is 1. The maximum atomic E-state index is 12.2. The molecule has 34 heavy (non-hydrogen) atoms. The first-order valence-corrected chi connectivity index (χ1v) is 11.3. The summed E-state index contributed by atoms with van der Waals surface area (Å²) in [6.45, 7) is 1.24. The second-order valence-electron chi connectivity index (χ2n) is 8.81. The molecule has 9 nitrogen and oxygen atoms in total. The molecule has 0 radical (unpaired) electrons. The number of pyridine rings is 2. The zero-order valence-electron chi connectivity index (χ0n) is 18.3. The molecule has 6 rings (SSSR count). The zero-order valence-corrected chi connectivity index (χ0v) is 18.3. The highest BCUT2D eigenvalue weighted by Crippen LogP contribution is 2.29. The summed E-state index contributed by atoms with van der Waals surface area (Å²) < 4.78 is 1.72. The van der Waals surface area contributed by atoms with Gasteiger partial charge in [0.25, 0.3) is 5.91 Å². The van der Waals surface area contributed by atoms with Gasteiger partial charge in [0.05, 0.1) is 11.8 Å². The second-order valence-corrected chi connectivity index (χ2v) is 8.81. The van der Waals surface area contributed by atoms with Gasteiger partial charge in [0, 0.05) is 53.9 Å². The number of carbonyl (C=O) groups excluding carboxylic acids is 1. The molecule has 1 aliphatic heterocycles. The molecule has 9 heteroatoms. The lowest BCUT2D eigenvalue weighted by molar-refractivity contribution is 0.0951. The lowest BCUT2D eigenvalue weighted by atomic mass is 9.79. The van der Waals surface area contributed by atoms with Gasteiger partial charge in [-0.15, -0.1) is 5.10 Å². The molecule has 2 fully saturated rings. The first-order valence-electron chi connectivity index (χ1n) is 11.3. The van der Waals surface area contributed by atoms with Crippen LogP contribution in [0.15, 0.2) is 60.9 Å². The molecule has 1 saturated carbocycles. The molecule has 1 saturated heterocycles. The van der Waals surface area contributed by atoms with Gasteiger partial charge in [-0.2, -0.15) is 10.2 Å². The Kier molecular flexibility index (Phi) is 4.74. The predicted octanol–water partition coefficient (Wildman–Crippen LogP) is 2.79. The van der Waals surface area contributed by atoms with Crippen LogP contribution in [-0.2, 0) is 5.41 Å². The van der Waals surface area contributed by atoms with Crippen molar-refractivity contribution >= 4 is 23.2 Å². The zero-order chi connectivity index (χ0) is 23.1. The van der Waals surface area contributed by atoms with Crippen LogP contribution in [-0.4, -0.2) is 44.6 Å². The molecule has 2 aliphatic rings. The van der Waals surface area contributed by atoms with Crippen LogP contribution in [0.4, 0.5) is 11.6 Å². The third-order valence-corrected chi connectivity index (χ3v) is 6.31. The van der Waals surface area contributed by atoms with Crippen molar-refractivity contribution in [3.05, 3.63) is 72.2 Å². The first-order chi connectivity index (χ1) is 16.6. The van der Waals surface area contributed by atoms with E-state index in [1.54, 1.807) is 22.8 Å². The highest BCUT2D eigenvalue weighted by molar-refractivity contribution is 5.95. The summed E-state index contributed by atoms with van der Waals surface area (Å²) >= 11 is 0. The van der Waals surface area contributed by atoms with Crippen molar-refractivity contribution in [2.45, 2.75) is 24.3 Å². The molecule has 0 bridgehead atoms. The maximum absolute atomic E-state index is 12.2. The molecule has 3 N–H and O–H groups in total. The molecule has 1 amide bonds. The molecule has 1 aliphatic carbocycles. The Bertz CT molecular complexity index is 1410. The molecule has 4 aromatic rings. The molecular weight excluding hydrogens is 428 g/mol. The summed E-state index contributed by atoms with van der Waals surface area (Å²) in [5.74, 6) is 0.412. The number of benzene rings is 1. The number of hydrogen-bond acceptors (Lipinski definition) is 7. The number of rotatable bonds is 6. The van der Waals surface area contributed by atoms with Gasteiger partial charge in [-0.1, -0.05) is 6.07 Å². The summed E-state index contributed by atoms with van der Waals surface area (Å²) in [4.78, 5) is 21.4. The van der Waals surface area contributed by atoms with E-state index >= 15 is 0 Å². The molecule has 0 spiro atoms. The van der Waals surface area contributed by atoms with E-state index in [9.17, 15) is 10.1 Å². The SMILES string of the molecule is N#CC1(c2ccc(-c3cccn4nc(Nc5ccc(C(=O)NC6CC6)cc5)nc34)cn2)CNC1. The van der Waals surface area contributed by atoms with Crippen LogP contribution in [0.3, 0.4) is 0 Å². The number of hydrogen-bond donors (Lipinski definition) is 3. The number of anilines is 2. The van der Waals surface area contributed by atoms with Gasteiger partial charge >= 0.3 is 0 Å². The van der Waals surface area contributed by atoms with E-state index in [0.29, 0.717) is 36.3 Å². The normalized spacial score (nSPS) is 16.4. The quantitative estimate of drug-likeness (QED) is 0.413. The second kappa shape index (κ2) is 7.93. The third-order valence-electron chi connectivity index (χ3n) is 6.31. The lowest BCUT2D eigenvalue weighted by Gasteiger charge is -2.35. The summed E-state index contributed by atoms with van der Waals surface area (Å²) in [5, 5.41) is 23.4. The monoisotopic (exact) mass is 450 g/mol. The van der Waals surface area contributed by atoms with Gasteiger partial charge in [-0.25, -0.2) is 4.52 Å². The van der Waals surface area contributed by atoms with Crippen molar-refractivity contribution in [2.24, 2.45) is 0 Å². The standard InChI is InChI=1S/C25H22N8O/c26-13-25(14-27-15-25)21-10-5-17(12-28-21)20-2-1-11-33-22(20)31-24(32-33)30-19-6-3-16(4-7-19)23(34)29-18-8-9-18/h1-7,10-12,18,27H,8-9,14-15H2,(H,29,34)(H,30,32). The maximum Gasteiger partial charge on any atom is 0.251 e. The summed E-state index contributed by atoms with van der Waals surface area (Å²) in [5.41, 5.74) is 4.16. The van der Waals surface area contributed by atoms with E-state index in [2.05, 4.69) is 37.1 Å². The fourth-order valence-electron chi connectivity index (χ4n) is 4.04. The van der Waals surface area contributed by atoms with Crippen LogP contribution in [0.5, 0.6) is 0 Å². The number of carbonyl (C=O) groups is 1. The molecule has 0 atom stereocenters. The highest BCUT2D eigenvalue weighted by atomic mass is 16.1. The van der Waals surface area contributed by atoms with E-state index in [-0.39, 0.29) is 5.91 Å². The summed E-state index contributed by atoms with van der Waals surface area (Å²) in [6, 6.07) is 17.8. The number of fused-ring (bicyclic) bond motifs is 1. The Morgan fingerprint density at radius 3 is 2.62 bits per heavy atom. The summed E-state index contributed by atoms with van der Waals surface area (Å²) in [6.07, 6.45) is 5.75. The van der Waals surface area contributed by atoms with Crippen molar-refractivity contribution in [3.8, 4) is 17.2 Å². The molecule has 168 valence electrons. The fourth-order valence-corrected chi connectivity index (χ4v) is 4.04. The van der Waals surface area contributed by atoms with Gasteiger partial charge in [-0.3, -0.25) is 9.78 Å². The number of nitrogens with zero attached hydrogens (tertiary/aromatic N) is 5. The molecular formula is C25H22N8O. The van der Waals surface area contributed by atoms with Crippen LogP contribution in [0.2, 0.25) is 0 Å². The number of aromatic nitrogens is 4. The van der Waals surface area contributed by atoms with Crippen LogP contribution in [0.1, 0.15) is 28.9 Å². The minimum absolute atomic E-state index is 0.0431. The predicted molar refractivity (Wildman–Crippen MR) is 127 cm³/mol. The average Bonchev–Trinajstić information content (AvgIpc) is 3.55. The highest BCUT2D eigenvalue weighted by Gasteiger charge is 2.40. The molecule has 4 heterocycles. The van der Waals surface area contributed by atoms with Crippen LogP contribution < -0.4 is 16.0 Å². The largest absolute Gasteiger partial charge is 0.349 e. The van der Waals surface area contributed by atoms with Crippen molar-refractivity contribution in [1.82, 2.24) is 30.2 Å². The van der Waals surface area contributed by atoms with Gasteiger partial charge in [-0.05, 0) is 55.3 Å². The first kappa shape index (κ1) is 20.3. The van der Waals surface area contributed by atoms with E-state index in [4.69, 9.17) is 0 Å². The Labute approximate surface area is 195 Å². The molecule has 3 aromatic heterocycles. The van der Waals surface area contributed by atoms with Crippen LogP contribution in [0, 0.1) is 11.3 Å². The third kappa shape index (κ3) is 3.64. The number of nitrogens with one attached hydrogen (secondary N) is 3. The van der Waals surface area contributed by atoms with Crippen LogP contribution >= 0.6 is 0 Å². The number of nitriles is 1. The van der Waals surface area contributed by atoms with E-state index in [1.807, 2.05) is 42.6 Å².